The molecule has 1 aromatic rings. The zero-order valence-electron chi connectivity index (χ0n) is 16.6. The van der Waals surface area contributed by atoms with Gasteiger partial charge in [0.25, 0.3) is 5.91 Å². The first-order valence-electron chi connectivity index (χ1n) is 10.1. The van der Waals surface area contributed by atoms with Crippen LogP contribution in [0.15, 0.2) is 12.3 Å². The number of likely N-dealkylation sites (tertiary alicyclic amines) is 1. The van der Waals surface area contributed by atoms with Gasteiger partial charge in [0.05, 0.1) is 18.8 Å². The van der Waals surface area contributed by atoms with Gasteiger partial charge in [0.15, 0.2) is 5.82 Å². The van der Waals surface area contributed by atoms with Crippen molar-refractivity contribution in [1.29, 1.82) is 0 Å². The summed E-state index contributed by atoms with van der Waals surface area (Å²) in [6, 6.07) is 1.36. The zero-order valence-corrected chi connectivity index (χ0v) is 16.6. The van der Waals surface area contributed by atoms with Crippen molar-refractivity contribution in [2.75, 3.05) is 53.4 Å². The highest BCUT2D eigenvalue weighted by atomic mass is 19.1. The van der Waals surface area contributed by atoms with Crippen LogP contribution in [-0.2, 0) is 0 Å². The molecule has 4 atom stereocenters. The molecule has 0 unspecified atom stereocenters. The summed E-state index contributed by atoms with van der Waals surface area (Å²) in [6.45, 7) is 5.29. The molecule has 2 aliphatic heterocycles. The van der Waals surface area contributed by atoms with Gasteiger partial charge < -0.3 is 19.6 Å². The summed E-state index contributed by atoms with van der Waals surface area (Å²) in [4.78, 5) is 23.2. The molecule has 3 fully saturated rings. The van der Waals surface area contributed by atoms with Gasteiger partial charge in [-0.15, -0.1) is 0 Å². The maximum atomic E-state index is 13.9. The molecule has 1 aromatic heterocycles. The number of carbonyl (C=O) groups excluding carboxylic acids is 1. The van der Waals surface area contributed by atoms with E-state index < -0.39 is 5.82 Å². The number of likely N-dealkylation sites (N-methyl/N-ethyl adjacent to an activating group) is 1. The zero-order chi connectivity index (χ0) is 19.8. The Morgan fingerprint density at radius 2 is 1.89 bits per heavy atom. The van der Waals surface area contributed by atoms with Gasteiger partial charge in [0, 0.05) is 51.5 Å². The average molecular weight is 392 g/mol. The van der Waals surface area contributed by atoms with Crippen LogP contribution in [0.4, 0.5) is 4.39 Å². The van der Waals surface area contributed by atoms with E-state index in [1.165, 1.54) is 19.4 Å². The summed E-state index contributed by atoms with van der Waals surface area (Å²) in [7, 11) is 3.47. The van der Waals surface area contributed by atoms with Crippen LogP contribution in [0.1, 0.15) is 23.2 Å². The highest BCUT2D eigenvalue weighted by Crippen LogP contribution is 2.39. The second-order valence-electron chi connectivity index (χ2n) is 8.39. The van der Waals surface area contributed by atoms with Gasteiger partial charge in [-0.1, -0.05) is 0 Å². The number of rotatable bonds is 3. The van der Waals surface area contributed by atoms with E-state index in [4.69, 9.17) is 4.74 Å². The Hall–Kier alpha value is -1.77. The molecule has 1 saturated carbocycles. The Balaban J connectivity index is 1.41. The highest BCUT2D eigenvalue weighted by Gasteiger charge is 2.45. The van der Waals surface area contributed by atoms with E-state index in [0.717, 1.165) is 39.0 Å². The molecular formula is C20H29FN4O3. The Kier molecular flexibility index (Phi) is 5.53. The first-order valence-corrected chi connectivity index (χ1v) is 10.1. The fourth-order valence-corrected chi connectivity index (χ4v) is 4.99. The molecule has 0 spiro atoms. The number of amides is 1. The number of aromatic nitrogens is 1. The molecule has 1 amide bonds. The number of methoxy groups -OCH3 is 1. The number of aliphatic hydroxyl groups excluding tert-OH is 1. The number of ether oxygens (including phenoxy) is 1. The highest BCUT2D eigenvalue weighted by molar-refractivity contribution is 5.94. The lowest BCUT2D eigenvalue weighted by atomic mass is 9.77. The molecule has 1 N–H and O–H groups in total. The normalized spacial score (nSPS) is 31.6. The summed E-state index contributed by atoms with van der Waals surface area (Å²) in [6.07, 6.45) is 2.66. The van der Waals surface area contributed by atoms with Crippen molar-refractivity contribution in [3.05, 3.63) is 23.6 Å². The van der Waals surface area contributed by atoms with Crippen LogP contribution in [0.2, 0.25) is 0 Å². The van der Waals surface area contributed by atoms with Crippen molar-refractivity contribution in [3.8, 4) is 5.88 Å². The topological polar surface area (TPSA) is 69.1 Å². The summed E-state index contributed by atoms with van der Waals surface area (Å²) >= 11 is 0. The minimum atomic E-state index is -0.629. The second-order valence-corrected chi connectivity index (χ2v) is 8.39. The fourth-order valence-electron chi connectivity index (χ4n) is 4.99. The van der Waals surface area contributed by atoms with Crippen molar-refractivity contribution >= 4 is 5.91 Å². The third-order valence-corrected chi connectivity index (χ3v) is 6.65. The molecule has 154 valence electrons. The number of fused-ring (bicyclic) bond motifs is 1. The molecule has 7 nitrogen and oxygen atoms in total. The van der Waals surface area contributed by atoms with Crippen molar-refractivity contribution in [2.24, 2.45) is 11.8 Å². The Morgan fingerprint density at radius 1 is 1.21 bits per heavy atom. The van der Waals surface area contributed by atoms with Crippen LogP contribution >= 0.6 is 0 Å². The molecule has 8 heteroatoms. The number of pyridine rings is 1. The molecule has 1 aliphatic carbocycles. The third kappa shape index (κ3) is 3.73. The van der Waals surface area contributed by atoms with E-state index in [-0.39, 0.29) is 29.5 Å². The van der Waals surface area contributed by atoms with Crippen LogP contribution in [0.5, 0.6) is 5.88 Å². The number of hydrogen-bond donors (Lipinski definition) is 1. The summed E-state index contributed by atoms with van der Waals surface area (Å²) in [5.74, 6) is -0.249. The van der Waals surface area contributed by atoms with Crippen molar-refractivity contribution in [3.63, 3.8) is 0 Å². The second kappa shape index (κ2) is 7.93. The molecule has 0 aromatic carbocycles. The van der Waals surface area contributed by atoms with Crippen molar-refractivity contribution in [1.82, 2.24) is 19.7 Å². The van der Waals surface area contributed by atoms with Crippen LogP contribution in [0, 0.1) is 17.7 Å². The lowest BCUT2D eigenvalue weighted by Gasteiger charge is -2.44. The number of carbonyl (C=O) groups is 1. The lowest BCUT2D eigenvalue weighted by Crippen LogP contribution is -2.55. The molecule has 28 heavy (non-hydrogen) atoms. The number of piperazine rings is 1. The Morgan fingerprint density at radius 3 is 2.54 bits per heavy atom. The number of nitrogens with zero attached hydrogens (tertiary/aromatic N) is 4. The number of hydrogen-bond acceptors (Lipinski definition) is 6. The van der Waals surface area contributed by atoms with Crippen LogP contribution in [-0.4, -0.2) is 96.3 Å². The van der Waals surface area contributed by atoms with E-state index in [9.17, 15) is 14.3 Å². The van der Waals surface area contributed by atoms with Gasteiger partial charge in [-0.25, -0.2) is 9.37 Å². The molecule has 2 saturated heterocycles. The summed E-state index contributed by atoms with van der Waals surface area (Å²) in [5.41, 5.74) is 0.244. The third-order valence-electron chi connectivity index (χ3n) is 6.65. The predicted octanol–water partition coefficient (Wildman–Crippen LogP) is 0.688. The van der Waals surface area contributed by atoms with Crippen LogP contribution in [0.3, 0.4) is 0 Å². The van der Waals surface area contributed by atoms with Gasteiger partial charge in [-0.05, 0) is 37.8 Å². The minimum absolute atomic E-state index is 0.107. The van der Waals surface area contributed by atoms with E-state index >= 15 is 0 Å². The van der Waals surface area contributed by atoms with Crippen molar-refractivity contribution in [2.45, 2.75) is 25.0 Å². The molecule has 0 bridgehead atoms. The fraction of sp³-hybridized carbons (Fsp3) is 0.700. The molecule has 0 radical (unpaired) electrons. The first-order chi connectivity index (χ1) is 13.5. The molecule has 4 rings (SSSR count). The number of aliphatic hydroxyl groups is 1. The van der Waals surface area contributed by atoms with Gasteiger partial charge in [0.1, 0.15) is 0 Å². The largest absolute Gasteiger partial charge is 0.479 e. The van der Waals surface area contributed by atoms with Crippen LogP contribution < -0.4 is 4.74 Å². The quantitative estimate of drug-likeness (QED) is 0.816. The van der Waals surface area contributed by atoms with E-state index in [0.29, 0.717) is 24.9 Å². The van der Waals surface area contributed by atoms with Gasteiger partial charge in [-0.2, -0.15) is 0 Å². The monoisotopic (exact) mass is 392 g/mol. The maximum absolute atomic E-state index is 13.9. The van der Waals surface area contributed by atoms with Crippen molar-refractivity contribution < 1.29 is 19.0 Å². The minimum Gasteiger partial charge on any atom is -0.479 e. The smallest absolute Gasteiger partial charge is 0.255 e. The summed E-state index contributed by atoms with van der Waals surface area (Å²) < 4.78 is 18.8. The standard InChI is InChI=1S/C20H29FN4O3/c1-23-3-5-24(6-4-23)17-8-14-11-25(12-15(14)9-18(17)26)20(27)13-7-16(21)19(28-2)22-10-13/h7,10,14-15,17-18,26H,3-6,8-9,11-12H2,1-2H3/t14-,15+,17-,18-/m1/s1. The van der Waals surface area contributed by atoms with E-state index in [2.05, 4.69) is 21.8 Å². The average Bonchev–Trinajstić information content (AvgIpc) is 3.10. The number of halogens is 1. The predicted molar refractivity (Wildman–Crippen MR) is 102 cm³/mol. The van der Waals surface area contributed by atoms with Gasteiger partial charge in [0.2, 0.25) is 5.88 Å². The van der Waals surface area contributed by atoms with E-state index in [1.807, 2.05) is 0 Å². The SMILES string of the molecule is COc1ncc(C(=O)N2C[C@H]3C[C@@H](N4CCN(C)CC4)[C@H](O)C[C@H]3C2)cc1F. The summed E-state index contributed by atoms with van der Waals surface area (Å²) in [5, 5.41) is 10.7. The maximum Gasteiger partial charge on any atom is 0.255 e. The van der Waals surface area contributed by atoms with Gasteiger partial charge in [-0.3, -0.25) is 9.69 Å². The molecule has 3 aliphatic rings. The first kappa shape index (κ1) is 19.5. The molecule has 3 heterocycles. The Labute approximate surface area is 165 Å². The van der Waals surface area contributed by atoms with Crippen LogP contribution in [0.25, 0.3) is 0 Å². The lowest BCUT2D eigenvalue weighted by molar-refractivity contribution is -0.0249. The molecular weight excluding hydrogens is 363 g/mol. The van der Waals surface area contributed by atoms with E-state index in [1.54, 1.807) is 4.90 Å². The van der Waals surface area contributed by atoms with Gasteiger partial charge >= 0.3 is 0 Å². The Bertz CT molecular complexity index is 725.